The van der Waals surface area contributed by atoms with Gasteiger partial charge >= 0.3 is 0 Å². The maximum atomic E-state index is 13.2. The molecule has 2 aromatic heterocycles. The molecule has 1 unspecified atom stereocenters. The molecule has 2 aromatic carbocycles. The van der Waals surface area contributed by atoms with Crippen molar-refractivity contribution in [2.75, 3.05) is 11.9 Å². The van der Waals surface area contributed by atoms with E-state index in [1.54, 1.807) is 36.3 Å². The van der Waals surface area contributed by atoms with Crippen molar-refractivity contribution in [1.82, 2.24) is 29.8 Å². The van der Waals surface area contributed by atoms with Crippen molar-refractivity contribution in [3.05, 3.63) is 71.7 Å². The number of aryl methyl sites for hydroxylation is 1. The molecule has 0 radical (unpaired) electrons. The number of nitrogens with one attached hydrogen (secondary N) is 1. The fraction of sp³-hybridized carbons (Fsp3) is 0.231. The van der Waals surface area contributed by atoms with Crippen LogP contribution in [0.5, 0.6) is 0 Å². The third-order valence-corrected chi connectivity index (χ3v) is 7.03. The largest absolute Gasteiger partial charge is 0.348 e. The zero-order valence-corrected chi connectivity index (χ0v) is 20.2. The van der Waals surface area contributed by atoms with E-state index in [2.05, 4.69) is 15.6 Å². The zero-order chi connectivity index (χ0) is 25.8. The average molecular weight is 498 g/mol. The highest BCUT2D eigenvalue weighted by atomic mass is 16.2. The average Bonchev–Trinajstić information content (AvgIpc) is 3.60. The van der Waals surface area contributed by atoms with Crippen LogP contribution < -0.4 is 10.2 Å². The first-order valence-electron chi connectivity index (χ1n) is 11.8. The van der Waals surface area contributed by atoms with Gasteiger partial charge in [-0.1, -0.05) is 23.4 Å². The van der Waals surface area contributed by atoms with E-state index in [4.69, 9.17) is 0 Å². The Morgan fingerprint density at radius 2 is 1.92 bits per heavy atom. The molecule has 0 bridgehead atoms. The van der Waals surface area contributed by atoms with Gasteiger partial charge in [0.1, 0.15) is 6.04 Å². The van der Waals surface area contributed by atoms with Crippen molar-refractivity contribution in [2.24, 2.45) is 7.05 Å². The van der Waals surface area contributed by atoms with Gasteiger partial charge in [-0.25, -0.2) is 4.68 Å². The first kappa shape index (κ1) is 22.7. The van der Waals surface area contributed by atoms with Crippen molar-refractivity contribution in [2.45, 2.75) is 25.4 Å². The predicted molar refractivity (Wildman–Crippen MR) is 133 cm³/mol. The fourth-order valence-electron chi connectivity index (χ4n) is 5.06. The molecule has 0 saturated carbocycles. The number of anilines is 1. The first-order valence-corrected chi connectivity index (χ1v) is 11.8. The number of para-hydroxylation sites is 1. The molecule has 0 spiro atoms. The van der Waals surface area contributed by atoms with Gasteiger partial charge in [0, 0.05) is 49.7 Å². The normalized spacial score (nSPS) is 17.3. The third-order valence-electron chi connectivity index (χ3n) is 7.03. The molecule has 37 heavy (non-hydrogen) atoms. The van der Waals surface area contributed by atoms with Gasteiger partial charge in [-0.2, -0.15) is 0 Å². The van der Waals surface area contributed by atoms with Crippen LogP contribution in [0, 0.1) is 0 Å². The Hall–Kier alpha value is -4.80. The molecule has 1 atom stereocenters. The molecular weight excluding hydrogens is 474 g/mol. The lowest BCUT2D eigenvalue weighted by molar-refractivity contribution is -0.136. The summed E-state index contributed by atoms with van der Waals surface area (Å²) < 4.78 is 3.46. The minimum Gasteiger partial charge on any atom is -0.348 e. The van der Waals surface area contributed by atoms with E-state index < -0.39 is 11.9 Å². The molecule has 4 amide bonds. The summed E-state index contributed by atoms with van der Waals surface area (Å²) in [4.78, 5) is 53.0. The van der Waals surface area contributed by atoms with Gasteiger partial charge in [0.25, 0.3) is 11.8 Å². The topological polar surface area (TPSA) is 122 Å². The van der Waals surface area contributed by atoms with Gasteiger partial charge in [0.05, 0.1) is 17.6 Å². The smallest absolute Gasteiger partial charge is 0.280 e. The highest BCUT2D eigenvalue weighted by Gasteiger charge is 2.39. The minimum absolute atomic E-state index is 0.178. The number of aromatic nitrogens is 4. The summed E-state index contributed by atoms with van der Waals surface area (Å²) in [5.74, 6) is -1.33. The molecule has 2 aliphatic heterocycles. The van der Waals surface area contributed by atoms with Gasteiger partial charge in [0.2, 0.25) is 11.8 Å². The van der Waals surface area contributed by atoms with E-state index in [0.717, 1.165) is 22.2 Å². The molecule has 1 N–H and O–H groups in total. The summed E-state index contributed by atoms with van der Waals surface area (Å²) in [5.41, 5.74) is 3.83. The number of benzene rings is 2. The molecular formula is C26H23N7O4. The Balaban J connectivity index is 1.24. The van der Waals surface area contributed by atoms with Crippen LogP contribution in [0.25, 0.3) is 16.6 Å². The van der Waals surface area contributed by atoms with Crippen LogP contribution in [0.3, 0.4) is 0 Å². The quantitative estimate of drug-likeness (QED) is 0.429. The van der Waals surface area contributed by atoms with E-state index in [9.17, 15) is 19.2 Å². The predicted octanol–water partition coefficient (Wildman–Crippen LogP) is 1.80. The van der Waals surface area contributed by atoms with Gasteiger partial charge in [-0.3, -0.25) is 24.5 Å². The molecule has 4 aromatic rings. The number of piperidine rings is 1. The number of rotatable bonds is 4. The van der Waals surface area contributed by atoms with Gasteiger partial charge in [-0.15, -0.1) is 5.10 Å². The molecule has 6 rings (SSSR count). The Morgan fingerprint density at radius 1 is 1.11 bits per heavy atom. The van der Waals surface area contributed by atoms with Crippen molar-refractivity contribution in [3.8, 4) is 5.69 Å². The van der Waals surface area contributed by atoms with E-state index in [1.165, 1.54) is 9.58 Å². The standard InChI is InChI=1S/C26H23N7O4/c1-30-14-22(18-5-3-4-6-20(18)30)31(2)26(37)19-13-33(29-28-19)16-7-8-17-15(11-16)12-32(25(17)36)21-9-10-23(34)27-24(21)35/h3-8,11,13-14,21H,9-10,12H2,1-2H3,(H,27,34,35). The number of carbonyl (C=O) groups excluding carboxylic acids is 4. The summed E-state index contributed by atoms with van der Waals surface area (Å²) in [6.45, 7) is 0.249. The van der Waals surface area contributed by atoms with E-state index >= 15 is 0 Å². The summed E-state index contributed by atoms with van der Waals surface area (Å²) in [7, 11) is 3.63. The number of fused-ring (bicyclic) bond motifs is 2. The molecule has 0 aliphatic carbocycles. The summed E-state index contributed by atoms with van der Waals surface area (Å²) in [6, 6.07) is 12.4. The number of hydrogen-bond acceptors (Lipinski definition) is 6. The molecule has 11 nitrogen and oxygen atoms in total. The second-order valence-electron chi connectivity index (χ2n) is 9.30. The van der Waals surface area contributed by atoms with Crippen LogP contribution in [-0.2, 0) is 23.2 Å². The number of amides is 4. The van der Waals surface area contributed by atoms with Crippen molar-refractivity contribution < 1.29 is 19.2 Å². The number of nitrogens with zero attached hydrogens (tertiary/aromatic N) is 6. The molecule has 4 heterocycles. The van der Waals surface area contributed by atoms with Crippen LogP contribution in [-0.4, -0.2) is 61.2 Å². The Labute approximate surface area is 211 Å². The lowest BCUT2D eigenvalue weighted by atomic mass is 10.0. The lowest BCUT2D eigenvalue weighted by Gasteiger charge is -2.29. The van der Waals surface area contributed by atoms with Gasteiger partial charge in [-0.05, 0) is 36.2 Å². The van der Waals surface area contributed by atoms with Crippen molar-refractivity contribution in [3.63, 3.8) is 0 Å². The van der Waals surface area contributed by atoms with E-state index in [-0.39, 0.29) is 36.4 Å². The molecule has 2 aliphatic rings. The first-order chi connectivity index (χ1) is 17.8. The van der Waals surface area contributed by atoms with Crippen LogP contribution in [0.15, 0.2) is 54.9 Å². The molecule has 1 saturated heterocycles. The number of hydrogen-bond donors (Lipinski definition) is 1. The third kappa shape index (κ3) is 3.66. The SMILES string of the molecule is CN(C(=O)c1cn(-c2ccc3c(c2)CN(C2CCC(=O)NC2=O)C3=O)nn1)c1cn(C)c2ccccc12. The van der Waals surface area contributed by atoms with Crippen LogP contribution >= 0.6 is 0 Å². The Kier molecular flexibility index (Phi) is 5.14. The van der Waals surface area contributed by atoms with Gasteiger partial charge in [0.15, 0.2) is 5.69 Å². The highest BCUT2D eigenvalue weighted by molar-refractivity contribution is 6.09. The van der Waals surface area contributed by atoms with Crippen LogP contribution in [0.2, 0.25) is 0 Å². The monoisotopic (exact) mass is 497 g/mol. The van der Waals surface area contributed by atoms with E-state index in [1.807, 2.05) is 42.1 Å². The maximum absolute atomic E-state index is 13.2. The van der Waals surface area contributed by atoms with Gasteiger partial charge < -0.3 is 14.4 Å². The zero-order valence-electron chi connectivity index (χ0n) is 20.2. The maximum Gasteiger partial charge on any atom is 0.280 e. The Bertz CT molecular complexity index is 1620. The minimum atomic E-state index is -0.679. The van der Waals surface area contributed by atoms with Crippen LogP contribution in [0.4, 0.5) is 5.69 Å². The highest BCUT2D eigenvalue weighted by Crippen LogP contribution is 2.30. The second kappa shape index (κ2) is 8.40. The lowest BCUT2D eigenvalue weighted by Crippen LogP contribution is -2.52. The van der Waals surface area contributed by atoms with E-state index in [0.29, 0.717) is 17.7 Å². The Morgan fingerprint density at radius 3 is 2.73 bits per heavy atom. The molecule has 1 fully saturated rings. The molecule has 11 heteroatoms. The van der Waals surface area contributed by atoms with Crippen LogP contribution in [0.1, 0.15) is 39.3 Å². The molecule has 186 valence electrons. The number of carbonyl (C=O) groups is 4. The summed E-state index contributed by atoms with van der Waals surface area (Å²) >= 11 is 0. The summed E-state index contributed by atoms with van der Waals surface area (Å²) in [5, 5.41) is 11.5. The van der Waals surface area contributed by atoms with Crippen molar-refractivity contribution in [1.29, 1.82) is 0 Å². The fourth-order valence-corrected chi connectivity index (χ4v) is 5.06. The second-order valence-corrected chi connectivity index (χ2v) is 9.30. The summed E-state index contributed by atoms with van der Waals surface area (Å²) in [6.07, 6.45) is 3.96. The van der Waals surface area contributed by atoms with Crippen molar-refractivity contribution >= 4 is 40.2 Å². The number of imide groups is 1.